The third kappa shape index (κ3) is 4.97. The van der Waals surface area contributed by atoms with E-state index in [4.69, 9.17) is 0 Å². The van der Waals surface area contributed by atoms with Gasteiger partial charge in [0.05, 0.1) is 0 Å². The molecule has 5 aliphatic carbocycles. The van der Waals surface area contributed by atoms with E-state index in [1.807, 2.05) is 6.08 Å². The summed E-state index contributed by atoms with van der Waals surface area (Å²) in [5.41, 5.74) is 2.76. The van der Waals surface area contributed by atoms with Crippen LogP contribution in [0.1, 0.15) is 172 Å². The van der Waals surface area contributed by atoms with Crippen LogP contribution in [-0.2, 0) is 0 Å². The second kappa shape index (κ2) is 12.3. The summed E-state index contributed by atoms with van der Waals surface area (Å²) in [7, 11) is 0. The van der Waals surface area contributed by atoms with Gasteiger partial charge in [-0.2, -0.15) is 0 Å². The number of hydrogen-bond acceptors (Lipinski definition) is 0. The first kappa shape index (κ1) is 33.6. The van der Waals surface area contributed by atoms with Crippen molar-refractivity contribution in [2.24, 2.45) is 74.4 Å². The Hall–Kier alpha value is -0.260. The lowest BCUT2D eigenvalue weighted by Crippen LogP contribution is -2.69. The molecule has 5 rings (SSSR count). The SMILES string of the molecule is C=CCC.CCCC1CCC2(C)C(CC(CC)C3(C)C2CCC2C4C(C)C(C)CCC4(CCC)CCC23C)C1(C)C. The van der Waals surface area contributed by atoms with E-state index in [2.05, 4.69) is 82.7 Å². The summed E-state index contributed by atoms with van der Waals surface area (Å²) in [5.74, 6) is 7.49. The van der Waals surface area contributed by atoms with Gasteiger partial charge in [0, 0.05) is 0 Å². The van der Waals surface area contributed by atoms with Crippen molar-refractivity contribution in [2.75, 3.05) is 0 Å². The Morgan fingerprint density at radius 1 is 0.756 bits per heavy atom. The molecule has 5 fully saturated rings. The minimum Gasteiger partial charge on any atom is -0.103 e. The molecule has 0 aromatic heterocycles. The van der Waals surface area contributed by atoms with Gasteiger partial charge in [0.1, 0.15) is 0 Å². The standard InChI is InChI=1S/C37H66.C4H8/c1-11-14-28-18-20-34(8)30-16-15-29-32-26(5)25(4)17-21-37(32,19-12-2)23-22-35(29,9)36(30,10)27(13-3)24-31(34)33(28,6)7;1-3-4-2/h25-32H,11-24H2,1-10H3;3H,1,4H2,2H3. The number of allylic oxidation sites excluding steroid dienone is 1. The summed E-state index contributed by atoms with van der Waals surface area (Å²) >= 11 is 0. The van der Waals surface area contributed by atoms with E-state index < -0.39 is 0 Å². The Bertz CT molecular complexity index is 882. The lowest BCUT2D eigenvalue weighted by atomic mass is 9.28. The molecule has 5 saturated carbocycles. The van der Waals surface area contributed by atoms with E-state index in [1.165, 1.54) is 77.0 Å². The predicted molar refractivity (Wildman–Crippen MR) is 182 cm³/mol. The maximum Gasteiger partial charge on any atom is -0.0207 e. The van der Waals surface area contributed by atoms with Gasteiger partial charge in [0.2, 0.25) is 0 Å². The van der Waals surface area contributed by atoms with E-state index in [0.29, 0.717) is 27.1 Å². The van der Waals surface area contributed by atoms with Gasteiger partial charge in [-0.15, -0.1) is 6.58 Å². The van der Waals surface area contributed by atoms with Gasteiger partial charge >= 0.3 is 0 Å². The van der Waals surface area contributed by atoms with Crippen LogP contribution >= 0.6 is 0 Å². The maximum atomic E-state index is 3.48. The van der Waals surface area contributed by atoms with Gasteiger partial charge in [-0.05, 0) is 145 Å². The van der Waals surface area contributed by atoms with E-state index >= 15 is 0 Å². The highest BCUT2D eigenvalue weighted by atomic mass is 14.8. The summed E-state index contributed by atoms with van der Waals surface area (Å²) in [6.45, 7) is 32.4. The van der Waals surface area contributed by atoms with Crippen molar-refractivity contribution in [3.05, 3.63) is 12.7 Å². The number of rotatable bonds is 6. The zero-order chi connectivity index (χ0) is 30.4. The van der Waals surface area contributed by atoms with Crippen LogP contribution in [0, 0.1) is 74.4 Å². The quantitative estimate of drug-likeness (QED) is 0.280. The van der Waals surface area contributed by atoms with Crippen molar-refractivity contribution in [1.29, 1.82) is 0 Å². The summed E-state index contributed by atoms with van der Waals surface area (Å²) in [6, 6.07) is 0. The Morgan fingerprint density at radius 3 is 2.02 bits per heavy atom. The molecular formula is C41H74. The molecular weight excluding hydrogens is 492 g/mol. The summed E-state index contributed by atoms with van der Waals surface area (Å²) in [5, 5.41) is 0. The van der Waals surface area contributed by atoms with Crippen LogP contribution in [0.2, 0.25) is 0 Å². The van der Waals surface area contributed by atoms with E-state index in [-0.39, 0.29) is 0 Å². The zero-order valence-corrected chi connectivity index (χ0v) is 30.0. The molecule has 5 aliphatic rings. The van der Waals surface area contributed by atoms with Gasteiger partial charge in [-0.1, -0.05) is 108 Å². The first-order chi connectivity index (χ1) is 19.3. The first-order valence-corrected chi connectivity index (χ1v) is 18.9. The van der Waals surface area contributed by atoms with Crippen molar-refractivity contribution in [2.45, 2.75) is 172 Å². The highest BCUT2D eigenvalue weighted by Gasteiger charge is 2.72. The Labute approximate surface area is 259 Å². The van der Waals surface area contributed by atoms with Gasteiger partial charge in [-0.3, -0.25) is 0 Å². The molecule has 0 aromatic rings. The van der Waals surface area contributed by atoms with Crippen LogP contribution in [-0.4, -0.2) is 0 Å². The van der Waals surface area contributed by atoms with Crippen LogP contribution in [0.5, 0.6) is 0 Å². The van der Waals surface area contributed by atoms with Crippen LogP contribution in [0.4, 0.5) is 0 Å². The summed E-state index contributed by atoms with van der Waals surface area (Å²) < 4.78 is 0. The first-order valence-electron chi connectivity index (χ1n) is 18.9. The maximum absolute atomic E-state index is 3.48. The van der Waals surface area contributed by atoms with Gasteiger partial charge in [0.25, 0.3) is 0 Å². The van der Waals surface area contributed by atoms with Gasteiger partial charge in [0.15, 0.2) is 0 Å². The largest absolute Gasteiger partial charge is 0.103 e. The number of hydrogen-bond donors (Lipinski definition) is 0. The second-order valence-corrected chi connectivity index (χ2v) is 17.9. The normalized spacial score (nSPS) is 50.2. The Kier molecular flexibility index (Phi) is 10.1. The van der Waals surface area contributed by atoms with Crippen LogP contribution in [0.15, 0.2) is 12.7 Å². The molecule has 0 saturated heterocycles. The highest BCUT2D eigenvalue weighted by molar-refractivity contribution is 5.20. The van der Waals surface area contributed by atoms with E-state index in [9.17, 15) is 0 Å². The molecule has 0 heterocycles. The molecule has 0 radical (unpaired) electrons. The van der Waals surface area contributed by atoms with Crippen molar-refractivity contribution >= 4 is 0 Å². The van der Waals surface area contributed by atoms with Crippen molar-refractivity contribution < 1.29 is 0 Å². The molecule has 0 amide bonds. The molecule has 12 unspecified atom stereocenters. The lowest BCUT2D eigenvalue weighted by Gasteiger charge is -2.76. The van der Waals surface area contributed by atoms with Crippen LogP contribution in [0.25, 0.3) is 0 Å². The van der Waals surface area contributed by atoms with Crippen molar-refractivity contribution in [1.82, 2.24) is 0 Å². The van der Waals surface area contributed by atoms with Gasteiger partial charge < -0.3 is 0 Å². The smallest absolute Gasteiger partial charge is 0.0207 e. The molecule has 0 aliphatic heterocycles. The average Bonchev–Trinajstić information content (AvgIpc) is 2.93. The van der Waals surface area contributed by atoms with Crippen molar-refractivity contribution in [3.63, 3.8) is 0 Å². The van der Waals surface area contributed by atoms with Crippen LogP contribution in [0.3, 0.4) is 0 Å². The monoisotopic (exact) mass is 567 g/mol. The fourth-order valence-corrected chi connectivity index (χ4v) is 14.1. The van der Waals surface area contributed by atoms with Crippen LogP contribution < -0.4 is 0 Å². The highest BCUT2D eigenvalue weighted by Crippen LogP contribution is 2.79. The Morgan fingerprint density at radius 2 is 1.44 bits per heavy atom. The zero-order valence-electron chi connectivity index (χ0n) is 30.0. The topological polar surface area (TPSA) is 0 Å². The fraction of sp³-hybridized carbons (Fsp3) is 0.951. The predicted octanol–water partition coefficient (Wildman–Crippen LogP) is 13.2. The molecule has 0 spiro atoms. The molecule has 12 atom stereocenters. The summed E-state index contributed by atoms with van der Waals surface area (Å²) in [6.07, 6.45) is 23.8. The third-order valence-electron chi connectivity index (χ3n) is 16.5. The minimum absolute atomic E-state index is 0.506. The van der Waals surface area contributed by atoms with Crippen molar-refractivity contribution in [3.8, 4) is 0 Å². The lowest BCUT2D eigenvalue weighted by molar-refractivity contribution is -0.276. The third-order valence-corrected chi connectivity index (χ3v) is 16.5. The Balaban J connectivity index is 0.000000909. The molecule has 238 valence electrons. The van der Waals surface area contributed by atoms with Gasteiger partial charge in [-0.25, -0.2) is 0 Å². The number of fused-ring (bicyclic) bond motifs is 7. The average molecular weight is 567 g/mol. The molecule has 41 heavy (non-hydrogen) atoms. The molecule has 0 N–H and O–H groups in total. The molecule has 0 nitrogen and oxygen atoms in total. The molecule has 0 bridgehead atoms. The molecule has 0 aromatic carbocycles. The van der Waals surface area contributed by atoms with E-state index in [1.54, 1.807) is 12.8 Å². The minimum atomic E-state index is 0.506. The molecule has 0 heteroatoms. The second-order valence-electron chi connectivity index (χ2n) is 17.9. The fourth-order valence-electron chi connectivity index (χ4n) is 14.1. The van der Waals surface area contributed by atoms with E-state index in [0.717, 1.165) is 53.8 Å². The summed E-state index contributed by atoms with van der Waals surface area (Å²) in [4.78, 5) is 0.